The molecular weight excluding hydrogens is 1030 g/mol. The number of aromatic nitrogens is 3. The number of morpholine rings is 2. The first-order chi connectivity index (χ1) is 39.6. The summed E-state index contributed by atoms with van der Waals surface area (Å²) in [6, 6.07) is 47.2. The maximum atomic E-state index is 16.9. The van der Waals surface area contributed by atoms with E-state index in [1.165, 1.54) is 24.3 Å². The van der Waals surface area contributed by atoms with Gasteiger partial charge >= 0.3 is 12.1 Å². The number of carbonyl (C=O) groups is 4. The zero-order valence-electron chi connectivity index (χ0n) is 43.4. The van der Waals surface area contributed by atoms with Crippen LogP contribution in [0.3, 0.4) is 0 Å². The Morgan fingerprint density at radius 2 is 1.51 bits per heavy atom. The number of nitrogens with zero attached hydrogens (tertiary/aromatic N) is 7. The summed E-state index contributed by atoms with van der Waals surface area (Å²) in [6.07, 6.45) is -2.09. The maximum absolute atomic E-state index is 16.9. The Balaban J connectivity index is 1.07. The van der Waals surface area contributed by atoms with Crippen molar-refractivity contribution in [2.24, 2.45) is 5.92 Å². The number of amides is 3. The van der Waals surface area contributed by atoms with Gasteiger partial charge in [-0.05, 0) is 107 Å². The molecule has 4 aliphatic rings. The van der Waals surface area contributed by atoms with Crippen molar-refractivity contribution in [3.63, 3.8) is 0 Å². The van der Waals surface area contributed by atoms with E-state index in [2.05, 4.69) is 32.4 Å². The van der Waals surface area contributed by atoms with Gasteiger partial charge in [-0.15, -0.1) is 5.10 Å². The molecule has 406 valence electrons. The molecule has 19 heteroatoms. The highest BCUT2D eigenvalue weighted by Gasteiger charge is 2.76. The lowest BCUT2D eigenvalue weighted by atomic mass is 9.65. The number of hydrogen-bond acceptors (Lipinski definition) is 15. The van der Waals surface area contributed by atoms with Gasteiger partial charge in [-0.25, -0.2) is 14.4 Å². The number of imide groups is 1. The summed E-state index contributed by atoms with van der Waals surface area (Å²) in [7, 11) is 0. The van der Waals surface area contributed by atoms with Crippen molar-refractivity contribution in [2.45, 2.75) is 42.8 Å². The fourth-order valence-corrected chi connectivity index (χ4v) is 11.8. The lowest BCUT2D eigenvalue weighted by Crippen LogP contribution is -2.54. The lowest BCUT2D eigenvalue weighted by Gasteiger charge is -2.46. The number of anilines is 3. The fraction of sp³-hybridized carbons (Fsp3) is 0.226. The van der Waals surface area contributed by atoms with Crippen LogP contribution in [0.1, 0.15) is 51.6 Å². The van der Waals surface area contributed by atoms with Crippen LogP contribution in [0, 0.1) is 27.9 Å². The smallest absolute Gasteiger partial charge is 0.421 e. The number of aliphatic hydroxyl groups excluding tert-OH is 1. The molecule has 81 heavy (non-hydrogen) atoms. The van der Waals surface area contributed by atoms with Crippen LogP contribution in [0.25, 0.3) is 11.0 Å². The first-order valence-corrected chi connectivity index (χ1v) is 26.4. The number of fused-ring (bicyclic) bond motifs is 4. The van der Waals surface area contributed by atoms with E-state index in [0.717, 1.165) is 16.1 Å². The SMILES string of the molecule is O=C1O[C@H](c2ccccc2)[C@H](c2ccccc2)N2[C@H]1[C@@H](C(=O)Nc1ccc(N3CCOCC3)cc1)[C@]1(C(=O)N(C(=O)OCc3ccc([N+](=O)[O-])cc3)c3ccc(C#CCn4nnc5ccccc54)cc31)[C@H]2c1ccc(OCCO)cc1. The molecule has 7 aromatic carbocycles. The van der Waals surface area contributed by atoms with Gasteiger partial charge in [-0.2, -0.15) is 0 Å². The molecule has 6 atom stereocenters. The topological polar surface area (TPSA) is 221 Å². The molecule has 12 rings (SSSR count). The predicted octanol–water partition coefficient (Wildman–Crippen LogP) is 8.24. The predicted molar refractivity (Wildman–Crippen MR) is 297 cm³/mol. The molecule has 19 nitrogen and oxygen atoms in total. The van der Waals surface area contributed by atoms with Gasteiger partial charge in [0.2, 0.25) is 11.8 Å². The van der Waals surface area contributed by atoms with Crippen LogP contribution in [0.15, 0.2) is 176 Å². The van der Waals surface area contributed by atoms with Crippen molar-refractivity contribution in [2.75, 3.05) is 54.6 Å². The first-order valence-electron chi connectivity index (χ1n) is 26.4. The third kappa shape index (κ3) is 9.64. The average Bonchev–Trinajstić information content (AvgIpc) is 2.47. The van der Waals surface area contributed by atoms with E-state index >= 15 is 19.2 Å². The minimum atomic E-state index is -2.17. The summed E-state index contributed by atoms with van der Waals surface area (Å²) in [5.41, 5.74) is 3.33. The van der Waals surface area contributed by atoms with Crippen LogP contribution in [0.4, 0.5) is 27.5 Å². The summed E-state index contributed by atoms with van der Waals surface area (Å²) in [6.45, 7) is 1.97. The Morgan fingerprint density at radius 1 is 0.802 bits per heavy atom. The molecule has 2 N–H and O–H groups in total. The van der Waals surface area contributed by atoms with Crippen LogP contribution in [0.2, 0.25) is 0 Å². The third-order valence-electron chi connectivity index (χ3n) is 15.4. The first kappa shape index (κ1) is 52.0. The van der Waals surface area contributed by atoms with E-state index in [0.29, 0.717) is 71.1 Å². The Hall–Kier alpha value is -9.74. The molecule has 5 heterocycles. The molecule has 0 unspecified atom stereocenters. The molecule has 0 aliphatic carbocycles. The van der Waals surface area contributed by atoms with Gasteiger partial charge in [0.05, 0.1) is 53.9 Å². The normalized spacial score (nSPS) is 21.2. The number of aliphatic hydroxyl groups is 1. The standard InChI is InChI=1S/C62H52N8O11/c71-34-37-79-48-28-20-44(21-29-48)57-62(49-38-40(10-9-31-67-52-16-8-7-15-50(52)64-65-67)19-30-51(49)68(60(62)74)61(75)80-39-41-17-24-47(25-18-41)70(76)77)53(58(72)63-45-22-26-46(27-23-45)66-32-35-78-36-33-66)55-59(73)81-56(43-13-5-2-6-14-43)54(69(55)57)42-11-3-1-4-12-42/h1-8,11-30,38,53-57,71H,31-37,39H2,(H,63,72)/t53-,54-,55-,56+,57+,62-/m0/s1. The number of non-ortho nitro benzene ring substituents is 1. The van der Waals surface area contributed by atoms with Crippen molar-refractivity contribution in [1.29, 1.82) is 0 Å². The van der Waals surface area contributed by atoms with Crippen LogP contribution in [0.5, 0.6) is 5.75 Å². The summed E-state index contributed by atoms with van der Waals surface area (Å²) in [5, 5.41) is 32.9. The van der Waals surface area contributed by atoms with E-state index in [1.54, 1.807) is 59.3 Å². The zero-order chi connectivity index (χ0) is 55.6. The minimum Gasteiger partial charge on any atom is -0.491 e. The summed E-state index contributed by atoms with van der Waals surface area (Å²) in [4.78, 5) is 79.9. The third-order valence-corrected chi connectivity index (χ3v) is 15.4. The highest BCUT2D eigenvalue weighted by atomic mass is 16.6. The van der Waals surface area contributed by atoms with Crippen molar-refractivity contribution < 1.29 is 48.2 Å². The Labute approximate surface area is 464 Å². The van der Waals surface area contributed by atoms with Crippen molar-refractivity contribution in [1.82, 2.24) is 19.9 Å². The molecular formula is C62H52N8O11. The van der Waals surface area contributed by atoms with Crippen LogP contribution in [-0.4, -0.2) is 99.4 Å². The number of esters is 1. The molecule has 3 fully saturated rings. The fourth-order valence-electron chi connectivity index (χ4n) is 11.8. The zero-order valence-corrected chi connectivity index (χ0v) is 43.4. The summed E-state index contributed by atoms with van der Waals surface area (Å²) >= 11 is 0. The van der Waals surface area contributed by atoms with Gasteiger partial charge in [-0.3, -0.25) is 29.4 Å². The number of para-hydroxylation sites is 1. The van der Waals surface area contributed by atoms with E-state index in [9.17, 15) is 15.2 Å². The van der Waals surface area contributed by atoms with Gasteiger partial charge in [0.1, 0.15) is 48.6 Å². The highest BCUT2D eigenvalue weighted by molar-refractivity contribution is 6.24. The van der Waals surface area contributed by atoms with Crippen molar-refractivity contribution in [3.05, 3.63) is 219 Å². The lowest BCUT2D eigenvalue weighted by molar-refractivity contribution is -0.384. The average molecular weight is 1090 g/mol. The second kappa shape index (κ2) is 22.2. The molecule has 8 aromatic rings. The second-order valence-electron chi connectivity index (χ2n) is 19.9. The Morgan fingerprint density at radius 3 is 2.22 bits per heavy atom. The van der Waals surface area contributed by atoms with E-state index in [4.69, 9.17) is 18.9 Å². The highest BCUT2D eigenvalue weighted by Crippen LogP contribution is 2.66. The van der Waals surface area contributed by atoms with Crippen LogP contribution in [-0.2, 0) is 47.2 Å². The van der Waals surface area contributed by atoms with E-state index < -0.39 is 64.4 Å². The molecule has 3 saturated heterocycles. The van der Waals surface area contributed by atoms with Crippen molar-refractivity contribution in [3.8, 4) is 17.6 Å². The Bertz CT molecular complexity index is 3730. The molecule has 1 aromatic heterocycles. The maximum Gasteiger partial charge on any atom is 0.421 e. The number of ether oxygens (including phenoxy) is 4. The monoisotopic (exact) mass is 1080 g/mol. The molecule has 1 spiro atoms. The molecule has 3 amide bonds. The Kier molecular flexibility index (Phi) is 14.2. The number of nitrogens with one attached hydrogen (secondary N) is 1. The molecule has 4 aliphatic heterocycles. The number of nitro groups is 1. The van der Waals surface area contributed by atoms with Crippen LogP contribution < -0.4 is 19.9 Å². The summed E-state index contributed by atoms with van der Waals surface area (Å²) < 4.78 is 25.7. The van der Waals surface area contributed by atoms with Gasteiger partial charge in [0, 0.05) is 42.2 Å². The van der Waals surface area contributed by atoms with Gasteiger partial charge < -0.3 is 34.3 Å². The number of cyclic esters (lactones) is 1. The van der Waals surface area contributed by atoms with E-state index in [-0.39, 0.29) is 43.3 Å². The van der Waals surface area contributed by atoms with E-state index in [1.807, 2.05) is 102 Å². The van der Waals surface area contributed by atoms with Gasteiger partial charge in [-0.1, -0.05) is 102 Å². The number of hydrogen-bond donors (Lipinski definition) is 2. The quantitative estimate of drug-likeness (QED) is 0.0480. The molecule has 0 saturated carbocycles. The summed E-state index contributed by atoms with van der Waals surface area (Å²) in [5.74, 6) is 2.83. The van der Waals surface area contributed by atoms with Gasteiger partial charge in [0.15, 0.2) is 0 Å². The van der Waals surface area contributed by atoms with Crippen LogP contribution >= 0.6 is 0 Å². The minimum absolute atomic E-state index is 0.00296. The second-order valence-corrected chi connectivity index (χ2v) is 19.9. The van der Waals surface area contributed by atoms with Crippen molar-refractivity contribution >= 4 is 57.7 Å². The number of nitro benzene ring substituents is 1. The number of rotatable bonds is 13. The molecule has 0 radical (unpaired) electrons. The molecule has 0 bridgehead atoms. The largest absolute Gasteiger partial charge is 0.491 e. The van der Waals surface area contributed by atoms with Gasteiger partial charge in [0.25, 0.3) is 5.69 Å². The number of carbonyl (C=O) groups excluding carboxylic acids is 4. The number of benzene rings is 7.